The highest BCUT2D eigenvalue weighted by atomic mass is 16.2. The molecule has 0 aromatic heterocycles. The van der Waals surface area contributed by atoms with Crippen molar-refractivity contribution < 1.29 is 5.11 Å². The fourth-order valence-electron chi connectivity index (χ4n) is 1.63. The summed E-state index contributed by atoms with van der Waals surface area (Å²) in [4.78, 5) is 0. The molecule has 1 heteroatoms. The van der Waals surface area contributed by atoms with Gasteiger partial charge in [-0.05, 0) is 25.7 Å². The number of hydrogen-bond acceptors (Lipinski definition) is 0. The predicted molar refractivity (Wildman–Crippen MR) is 66.5 cm³/mol. The first kappa shape index (κ1) is 14.7. The lowest BCUT2D eigenvalue weighted by molar-refractivity contribution is 0.186. The SMILES string of the molecule is CCCCC=CCCCCCCCC[O]. The normalized spacial score (nSPS) is 11.3. The van der Waals surface area contributed by atoms with Gasteiger partial charge in [-0.2, -0.15) is 0 Å². The van der Waals surface area contributed by atoms with E-state index in [1.165, 1.54) is 51.4 Å². The molecule has 0 N–H and O–H groups in total. The van der Waals surface area contributed by atoms with E-state index in [1.54, 1.807) is 0 Å². The smallest absolute Gasteiger partial charge is 0.0822 e. The van der Waals surface area contributed by atoms with Crippen molar-refractivity contribution in [1.82, 2.24) is 0 Å². The van der Waals surface area contributed by atoms with Crippen LogP contribution >= 0.6 is 0 Å². The molecule has 0 saturated heterocycles. The maximum absolute atomic E-state index is 10.2. The molecule has 15 heavy (non-hydrogen) atoms. The van der Waals surface area contributed by atoms with Crippen LogP contribution in [0.1, 0.15) is 71.1 Å². The van der Waals surface area contributed by atoms with Gasteiger partial charge in [0, 0.05) is 0 Å². The van der Waals surface area contributed by atoms with Crippen molar-refractivity contribution in [3.8, 4) is 0 Å². The van der Waals surface area contributed by atoms with Gasteiger partial charge in [0.05, 0.1) is 6.61 Å². The van der Waals surface area contributed by atoms with Crippen molar-refractivity contribution in [3.63, 3.8) is 0 Å². The molecule has 0 heterocycles. The molecule has 0 saturated carbocycles. The molecule has 0 spiro atoms. The van der Waals surface area contributed by atoms with E-state index in [0.717, 1.165) is 12.8 Å². The Bertz CT molecular complexity index is 129. The zero-order chi connectivity index (χ0) is 11.2. The Balaban J connectivity index is 2.95. The molecule has 0 aliphatic heterocycles. The number of hydrogen-bond donors (Lipinski definition) is 0. The van der Waals surface area contributed by atoms with Crippen LogP contribution in [0.5, 0.6) is 0 Å². The Morgan fingerprint density at radius 2 is 1.27 bits per heavy atom. The van der Waals surface area contributed by atoms with Crippen molar-refractivity contribution in [2.75, 3.05) is 6.61 Å². The van der Waals surface area contributed by atoms with Crippen LogP contribution in [0.15, 0.2) is 12.2 Å². The Hall–Kier alpha value is -0.300. The molecule has 0 aliphatic rings. The van der Waals surface area contributed by atoms with Crippen LogP contribution in [0.4, 0.5) is 0 Å². The fraction of sp³-hybridized carbons (Fsp3) is 0.857. The van der Waals surface area contributed by atoms with E-state index in [0.29, 0.717) is 0 Å². The summed E-state index contributed by atoms with van der Waals surface area (Å²) in [7, 11) is 0. The average Bonchev–Trinajstić information content (AvgIpc) is 2.26. The molecular weight excluding hydrogens is 184 g/mol. The Morgan fingerprint density at radius 3 is 1.87 bits per heavy atom. The molecular formula is C14H27O. The zero-order valence-corrected chi connectivity index (χ0v) is 10.3. The second kappa shape index (κ2) is 13.7. The Kier molecular flexibility index (Phi) is 13.4. The third kappa shape index (κ3) is 13.7. The van der Waals surface area contributed by atoms with Gasteiger partial charge in [0.2, 0.25) is 0 Å². The summed E-state index contributed by atoms with van der Waals surface area (Å²) < 4.78 is 0. The monoisotopic (exact) mass is 211 g/mol. The summed E-state index contributed by atoms with van der Waals surface area (Å²) in [6.07, 6.45) is 17.0. The minimum atomic E-state index is 0.111. The second-order valence-electron chi connectivity index (χ2n) is 4.23. The number of rotatable bonds is 11. The average molecular weight is 211 g/mol. The molecule has 0 aliphatic carbocycles. The van der Waals surface area contributed by atoms with Crippen molar-refractivity contribution in [3.05, 3.63) is 12.2 Å². The van der Waals surface area contributed by atoms with Crippen LogP contribution < -0.4 is 0 Å². The van der Waals surface area contributed by atoms with E-state index in [4.69, 9.17) is 0 Å². The van der Waals surface area contributed by atoms with E-state index in [1.807, 2.05) is 0 Å². The van der Waals surface area contributed by atoms with Crippen LogP contribution in [-0.4, -0.2) is 6.61 Å². The van der Waals surface area contributed by atoms with Crippen LogP contribution in [0, 0.1) is 0 Å². The molecule has 0 unspecified atom stereocenters. The standard InChI is InChI=1S/C14H27O/c1-2-3-4-5-6-7-8-9-10-11-12-13-14-15/h5-6H,2-4,7-14H2,1H3. The second-order valence-corrected chi connectivity index (χ2v) is 4.23. The minimum absolute atomic E-state index is 0.111. The molecule has 0 fully saturated rings. The summed E-state index contributed by atoms with van der Waals surface area (Å²) in [6, 6.07) is 0. The lowest BCUT2D eigenvalue weighted by atomic mass is 10.1. The highest BCUT2D eigenvalue weighted by Gasteiger charge is 1.89. The van der Waals surface area contributed by atoms with Crippen molar-refractivity contribution in [2.45, 2.75) is 71.1 Å². The van der Waals surface area contributed by atoms with Crippen LogP contribution in [0.2, 0.25) is 0 Å². The maximum Gasteiger partial charge on any atom is 0.0822 e. The van der Waals surface area contributed by atoms with Gasteiger partial charge in [-0.25, -0.2) is 5.11 Å². The van der Waals surface area contributed by atoms with Crippen molar-refractivity contribution >= 4 is 0 Å². The predicted octanol–water partition coefficient (Wildman–Crippen LogP) is 4.89. The van der Waals surface area contributed by atoms with Gasteiger partial charge in [0.15, 0.2) is 0 Å². The highest BCUT2D eigenvalue weighted by molar-refractivity contribution is 4.80. The fourth-order valence-corrected chi connectivity index (χ4v) is 1.63. The largest absolute Gasteiger partial charge is 0.237 e. The maximum atomic E-state index is 10.2. The molecule has 0 aromatic carbocycles. The number of unbranched alkanes of at least 4 members (excludes halogenated alkanes) is 8. The summed E-state index contributed by atoms with van der Waals surface area (Å²) >= 11 is 0. The van der Waals surface area contributed by atoms with Crippen LogP contribution in [-0.2, 0) is 5.11 Å². The highest BCUT2D eigenvalue weighted by Crippen LogP contribution is 2.07. The third-order valence-electron chi connectivity index (χ3n) is 2.66. The lowest BCUT2D eigenvalue weighted by Gasteiger charge is -1.98. The van der Waals surface area contributed by atoms with E-state index in [2.05, 4.69) is 19.1 Å². The van der Waals surface area contributed by atoms with Gasteiger partial charge in [0.1, 0.15) is 0 Å². The number of allylic oxidation sites excluding steroid dienone is 2. The van der Waals surface area contributed by atoms with E-state index in [9.17, 15) is 5.11 Å². The molecule has 0 atom stereocenters. The van der Waals surface area contributed by atoms with Crippen LogP contribution in [0.3, 0.4) is 0 Å². The van der Waals surface area contributed by atoms with E-state index < -0.39 is 0 Å². The Labute approximate surface area is 95.6 Å². The summed E-state index contributed by atoms with van der Waals surface area (Å²) in [5.74, 6) is 0. The van der Waals surface area contributed by atoms with Gasteiger partial charge in [-0.3, -0.25) is 0 Å². The zero-order valence-electron chi connectivity index (χ0n) is 10.3. The summed E-state index contributed by atoms with van der Waals surface area (Å²) in [6.45, 7) is 2.34. The lowest BCUT2D eigenvalue weighted by Crippen LogP contribution is -1.82. The quantitative estimate of drug-likeness (QED) is 0.342. The van der Waals surface area contributed by atoms with Gasteiger partial charge >= 0.3 is 0 Å². The molecule has 0 aromatic rings. The van der Waals surface area contributed by atoms with E-state index >= 15 is 0 Å². The van der Waals surface area contributed by atoms with Gasteiger partial charge < -0.3 is 0 Å². The first-order valence-electron chi connectivity index (χ1n) is 6.65. The first-order chi connectivity index (χ1) is 7.41. The van der Waals surface area contributed by atoms with E-state index in [-0.39, 0.29) is 6.61 Å². The molecule has 89 valence electrons. The van der Waals surface area contributed by atoms with Gasteiger partial charge in [-0.1, -0.05) is 57.6 Å². The molecule has 0 amide bonds. The third-order valence-corrected chi connectivity index (χ3v) is 2.66. The molecule has 0 bridgehead atoms. The molecule has 1 nitrogen and oxygen atoms in total. The molecule has 0 rings (SSSR count). The van der Waals surface area contributed by atoms with Crippen LogP contribution in [0.25, 0.3) is 0 Å². The first-order valence-corrected chi connectivity index (χ1v) is 6.65. The summed E-state index contributed by atoms with van der Waals surface area (Å²) in [5, 5.41) is 10.2. The topological polar surface area (TPSA) is 19.9 Å². The van der Waals surface area contributed by atoms with Gasteiger partial charge in [0.25, 0.3) is 0 Å². The van der Waals surface area contributed by atoms with Gasteiger partial charge in [-0.15, -0.1) is 0 Å². The van der Waals surface area contributed by atoms with Crippen molar-refractivity contribution in [1.29, 1.82) is 0 Å². The minimum Gasteiger partial charge on any atom is -0.237 e. The van der Waals surface area contributed by atoms with Crippen molar-refractivity contribution in [2.24, 2.45) is 0 Å². The molecule has 1 radical (unpaired) electrons. The summed E-state index contributed by atoms with van der Waals surface area (Å²) in [5.41, 5.74) is 0. The Morgan fingerprint density at radius 1 is 0.733 bits per heavy atom.